The highest BCUT2D eigenvalue weighted by atomic mass is 35.5. The number of aliphatic hydroxyl groups is 2. The molecule has 0 unspecified atom stereocenters. The third-order valence-electron chi connectivity index (χ3n) is 7.25. The molecule has 0 bridgehead atoms. The van der Waals surface area contributed by atoms with Crippen LogP contribution in [0.2, 0.25) is 5.02 Å². The van der Waals surface area contributed by atoms with E-state index in [-0.39, 0.29) is 30.1 Å². The predicted octanol–water partition coefficient (Wildman–Crippen LogP) is 4.57. The zero-order valence-electron chi connectivity index (χ0n) is 20.4. The highest BCUT2D eigenvalue weighted by Gasteiger charge is 2.53. The number of nitrogens with zero attached hydrogens (tertiary/aromatic N) is 1. The summed E-state index contributed by atoms with van der Waals surface area (Å²) < 4.78 is 0. The number of carbonyl (C=O) groups is 2. The van der Waals surface area contributed by atoms with Gasteiger partial charge in [0, 0.05) is 13.0 Å². The highest BCUT2D eigenvalue weighted by Crippen LogP contribution is 2.47. The minimum absolute atomic E-state index is 0.0925. The van der Waals surface area contributed by atoms with Gasteiger partial charge in [-0.3, -0.25) is 14.5 Å². The lowest BCUT2D eigenvalue weighted by Gasteiger charge is -2.38. The first kappa shape index (κ1) is 26.5. The summed E-state index contributed by atoms with van der Waals surface area (Å²) in [4.78, 5) is 26.7. The molecule has 1 heterocycles. The van der Waals surface area contributed by atoms with Crippen LogP contribution in [0.4, 0.5) is 0 Å². The Hall–Kier alpha value is -2.15. The van der Waals surface area contributed by atoms with Crippen LogP contribution in [0.3, 0.4) is 0 Å². The van der Waals surface area contributed by atoms with Crippen LogP contribution < -0.4 is 0 Å². The minimum Gasteiger partial charge on any atom is -0.508 e. The number of hydrogen-bond donors (Lipinski definition) is 3. The SMILES string of the molecule is CCC/C(=C\c1ccc(O)cc1Cl)CC[C@@H](O)C1=C(C(C)C)C[C@H]2C(=O)N(C)C(=O)[C@H]2[C@H]1CO. The molecule has 1 fully saturated rings. The van der Waals surface area contributed by atoms with Crippen molar-refractivity contribution < 1.29 is 24.9 Å². The number of benzene rings is 1. The van der Waals surface area contributed by atoms with Crippen LogP contribution in [0.1, 0.15) is 58.4 Å². The normalized spacial score (nSPS) is 24.3. The number of amides is 2. The summed E-state index contributed by atoms with van der Waals surface area (Å²) in [6, 6.07) is 4.87. The van der Waals surface area contributed by atoms with E-state index >= 15 is 0 Å². The van der Waals surface area contributed by atoms with Gasteiger partial charge in [0.05, 0.1) is 29.6 Å². The number of likely N-dealkylation sites (tertiary alicyclic amines) is 1. The van der Waals surface area contributed by atoms with Crippen LogP contribution in [0, 0.1) is 23.7 Å². The van der Waals surface area contributed by atoms with Gasteiger partial charge in [-0.2, -0.15) is 0 Å². The van der Waals surface area contributed by atoms with E-state index in [4.69, 9.17) is 11.6 Å². The van der Waals surface area contributed by atoms with Crippen molar-refractivity contribution in [1.82, 2.24) is 4.90 Å². The van der Waals surface area contributed by atoms with Gasteiger partial charge in [-0.05, 0) is 60.9 Å². The summed E-state index contributed by atoms with van der Waals surface area (Å²) in [5.41, 5.74) is 3.65. The van der Waals surface area contributed by atoms with Crippen molar-refractivity contribution in [3.8, 4) is 5.75 Å². The average Bonchev–Trinajstić information content (AvgIpc) is 3.01. The van der Waals surface area contributed by atoms with Gasteiger partial charge in [0.1, 0.15) is 5.75 Å². The lowest BCUT2D eigenvalue weighted by Crippen LogP contribution is -2.39. The van der Waals surface area contributed by atoms with E-state index in [1.807, 2.05) is 19.9 Å². The van der Waals surface area contributed by atoms with Crippen molar-refractivity contribution >= 4 is 29.5 Å². The van der Waals surface area contributed by atoms with E-state index in [9.17, 15) is 24.9 Å². The molecule has 4 atom stereocenters. The molecule has 3 rings (SSSR count). The Labute approximate surface area is 206 Å². The number of hydrogen-bond acceptors (Lipinski definition) is 5. The number of phenols is 1. The molecule has 1 aliphatic carbocycles. The van der Waals surface area contributed by atoms with Gasteiger partial charge < -0.3 is 15.3 Å². The molecule has 7 heteroatoms. The molecule has 1 aromatic carbocycles. The molecule has 0 radical (unpaired) electrons. The van der Waals surface area contributed by atoms with Gasteiger partial charge in [-0.1, -0.05) is 56.0 Å². The Bertz CT molecular complexity index is 999. The number of rotatable bonds is 9. The monoisotopic (exact) mass is 489 g/mol. The van der Waals surface area contributed by atoms with Crippen molar-refractivity contribution in [1.29, 1.82) is 0 Å². The van der Waals surface area contributed by atoms with E-state index in [2.05, 4.69) is 6.92 Å². The molecule has 2 amide bonds. The maximum absolute atomic E-state index is 12.8. The average molecular weight is 490 g/mol. The molecule has 1 saturated heterocycles. The Morgan fingerprint density at radius 3 is 2.53 bits per heavy atom. The molecule has 186 valence electrons. The lowest BCUT2D eigenvalue weighted by molar-refractivity contribution is -0.138. The van der Waals surface area contributed by atoms with Gasteiger partial charge in [-0.25, -0.2) is 0 Å². The second-order valence-corrected chi connectivity index (χ2v) is 10.2. The fourth-order valence-electron chi connectivity index (χ4n) is 5.52. The Kier molecular flexibility index (Phi) is 8.61. The summed E-state index contributed by atoms with van der Waals surface area (Å²) in [6.45, 7) is 5.86. The van der Waals surface area contributed by atoms with E-state index in [1.54, 1.807) is 12.1 Å². The first-order valence-electron chi connectivity index (χ1n) is 12.1. The molecular formula is C27H36ClNO5. The van der Waals surface area contributed by atoms with E-state index in [1.165, 1.54) is 18.0 Å². The van der Waals surface area contributed by atoms with Gasteiger partial charge >= 0.3 is 0 Å². The summed E-state index contributed by atoms with van der Waals surface area (Å²) in [6.07, 6.45) is 4.47. The zero-order valence-corrected chi connectivity index (χ0v) is 21.2. The maximum atomic E-state index is 12.8. The Morgan fingerprint density at radius 1 is 1.24 bits per heavy atom. The van der Waals surface area contributed by atoms with E-state index in [0.29, 0.717) is 24.3 Å². The highest BCUT2D eigenvalue weighted by molar-refractivity contribution is 6.32. The molecular weight excluding hydrogens is 454 g/mol. The second-order valence-electron chi connectivity index (χ2n) is 9.81. The van der Waals surface area contributed by atoms with Crippen molar-refractivity contribution in [2.75, 3.05) is 13.7 Å². The fraction of sp³-hybridized carbons (Fsp3) is 0.556. The number of phenolic OH excluding ortho intramolecular Hbond substituents is 1. The summed E-state index contributed by atoms with van der Waals surface area (Å²) in [7, 11) is 1.50. The van der Waals surface area contributed by atoms with E-state index < -0.39 is 23.9 Å². The second kappa shape index (κ2) is 11.1. The largest absolute Gasteiger partial charge is 0.508 e. The van der Waals surface area contributed by atoms with E-state index in [0.717, 1.165) is 35.1 Å². The van der Waals surface area contributed by atoms with Gasteiger partial charge in [0.15, 0.2) is 0 Å². The lowest BCUT2D eigenvalue weighted by atomic mass is 9.66. The van der Waals surface area contributed by atoms with Crippen LogP contribution >= 0.6 is 11.6 Å². The first-order chi connectivity index (χ1) is 16.1. The van der Waals surface area contributed by atoms with Crippen LogP contribution in [0.15, 0.2) is 34.9 Å². The molecule has 0 spiro atoms. The summed E-state index contributed by atoms with van der Waals surface area (Å²) >= 11 is 6.29. The summed E-state index contributed by atoms with van der Waals surface area (Å²) in [5, 5.41) is 31.7. The molecule has 0 aromatic heterocycles. The number of halogens is 1. The standard InChI is InChI=1S/C27H36ClNO5/c1-5-6-16(11-17-8-9-18(31)12-22(17)28)7-10-23(32)24-19(15(2)3)13-20-25(21(24)14-30)27(34)29(4)26(20)33/h8-9,11-12,15,20-21,23,25,30-32H,5-7,10,13-14H2,1-4H3/b16-11+/t20-,21+,23-,25-/m1/s1. The Morgan fingerprint density at radius 2 is 1.94 bits per heavy atom. The summed E-state index contributed by atoms with van der Waals surface area (Å²) in [5.74, 6) is -1.90. The maximum Gasteiger partial charge on any atom is 0.233 e. The van der Waals surface area contributed by atoms with Crippen molar-refractivity contribution in [2.45, 2.75) is 59.0 Å². The van der Waals surface area contributed by atoms with Crippen LogP contribution in [-0.2, 0) is 9.59 Å². The first-order valence-corrected chi connectivity index (χ1v) is 12.5. The predicted molar refractivity (Wildman–Crippen MR) is 133 cm³/mol. The smallest absolute Gasteiger partial charge is 0.233 e. The van der Waals surface area contributed by atoms with Crippen LogP contribution in [0.25, 0.3) is 6.08 Å². The third kappa shape index (κ3) is 5.24. The zero-order chi connectivity index (χ0) is 25.2. The molecule has 6 nitrogen and oxygen atoms in total. The van der Waals surface area contributed by atoms with Crippen molar-refractivity contribution in [2.24, 2.45) is 23.7 Å². The molecule has 1 aliphatic heterocycles. The Balaban J connectivity index is 1.88. The minimum atomic E-state index is -0.820. The third-order valence-corrected chi connectivity index (χ3v) is 7.57. The van der Waals surface area contributed by atoms with Gasteiger partial charge in [-0.15, -0.1) is 0 Å². The fourth-order valence-corrected chi connectivity index (χ4v) is 5.75. The number of aliphatic hydroxyl groups excluding tert-OH is 2. The van der Waals surface area contributed by atoms with Crippen molar-refractivity contribution in [3.63, 3.8) is 0 Å². The van der Waals surface area contributed by atoms with Gasteiger partial charge in [0.2, 0.25) is 11.8 Å². The van der Waals surface area contributed by atoms with Crippen LogP contribution in [0.5, 0.6) is 5.75 Å². The topological polar surface area (TPSA) is 98.1 Å². The van der Waals surface area contributed by atoms with Gasteiger partial charge in [0.25, 0.3) is 0 Å². The molecule has 34 heavy (non-hydrogen) atoms. The number of allylic oxidation sites excluding steroid dienone is 2. The number of fused-ring (bicyclic) bond motifs is 1. The van der Waals surface area contributed by atoms with Crippen LogP contribution in [-0.4, -0.2) is 51.8 Å². The number of aromatic hydroxyl groups is 1. The molecule has 2 aliphatic rings. The number of carbonyl (C=O) groups excluding carboxylic acids is 2. The molecule has 3 N–H and O–H groups in total. The molecule has 0 saturated carbocycles. The molecule has 1 aromatic rings. The quantitative estimate of drug-likeness (QED) is 0.349. The number of imide groups is 1. The van der Waals surface area contributed by atoms with Crippen molar-refractivity contribution in [3.05, 3.63) is 45.5 Å².